The Balaban J connectivity index is 1.50. The minimum Gasteiger partial charge on any atom is -0.337 e. The van der Waals surface area contributed by atoms with E-state index in [2.05, 4.69) is 4.90 Å². The maximum Gasteiger partial charge on any atom is 0.416 e. The third-order valence-electron chi connectivity index (χ3n) is 4.73. The number of halogens is 5. The van der Waals surface area contributed by atoms with Crippen LogP contribution in [0.5, 0.6) is 0 Å². The second-order valence-corrected chi connectivity index (χ2v) is 7.62. The van der Waals surface area contributed by atoms with Crippen LogP contribution in [0.4, 0.5) is 13.2 Å². The van der Waals surface area contributed by atoms with Crippen LogP contribution in [0, 0.1) is 0 Å². The van der Waals surface area contributed by atoms with Gasteiger partial charge in [-0.1, -0.05) is 41.4 Å². The molecule has 154 valence electrons. The smallest absolute Gasteiger partial charge is 0.337 e. The van der Waals surface area contributed by atoms with Crippen LogP contribution in [0.15, 0.2) is 48.5 Å². The van der Waals surface area contributed by atoms with E-state index in [9.17, 15) is 18.0 Å². The molecule has 1 amide bonds. The van der Waals surface area contributed by atoms with Crippen molar-refractivity contribution < 1.29 is 18.0 Å². The molecule has 1 aliphatic heterocycles. The Kier molecular flexibility index (Phi) is 6.88. The molecular formula is C21H19Cl2F3N2O. The normalized spacial score (nSPS) is 15.8. The van der Waals surface area contributed by atoms with Gasteiger partial charge in [0.1, 0.15) is 0 Å². The minimum atomic E-state index is -4.32. The molecule has 0 bridgehead atoms. The number of amides is 1. The molecule has 0 aromatic heterocycles. The van der Waals surface area contributed by atoms with Crippen molar-refractivity contribution in [1.29, 1.82) is 0 Å². The number of benzene rings is 2. The van der Waals surface area contributed by atoms with Crippen molar-refractivity contribution in [3.05, 3.63) is 75.3 Å². The highest BCUT2D eigenvalue weighted by molar-refractivity contribution is 6.42. The molecule has 3 nitrogen and oxygen atoms in total. The van der Waals surface area contributed by atoms with Crippen molar-refractivity contribution in [1.82, 2.24) is 9.80 Å². The molecule has 1 fully saturated rings. The van der Waals surface area contributed by atoms with E-state index in [1.54, 1.807) is 29.2 Å². The van der Waals surface area contributed by atoms with Crippen LogP contribution in [0.2, 0.25) is 10.0 Å². The quantitative estimate of drug-likeness (QED) is 0.594. The zero-order chi connectivity index (χ0) is 21.0. The Morgan fingerprint density at radius 3 is 2.21 bits per heavy atom. The lowest BCUT2D eigenvalue weighted by Crippen LogP contribution is -2.47. The Morgan fingerprint density at radius 1 is 0.966 bits per heavy atom. The van der Waals surface area contributed by atoms with Gasteiger partial charge in [-0.2, -0.15) is 13.2 Å². The molecule has 8 heteroatoms. The number of rotatable bonds is 4. The number of piperazine rings is 1. The first-order valence-electron chi connectivity index (χ1n) is 9.03. The van der Waals surface area contributed by atoms with E-state index in [4.69, 9.17) is 23.2 Å². The summed E-state index contributed by atoms with van der Waals surface area (Å²) in [6, 6.07) is 10.3. The standard InChI is InChI=1S/C21H19Cl2F3N2O/c22-18-7-3-15(13-19(18)23)4-8-20(29)28-11-9-27(10-12-28)14-16-1-5-17(6-2-16)21(24,25)26/h1-8,13H,9-12,14H2/b8-4+. The summed E-state index contributed by atoms with van der Waals surface area (Å²) in [6.07, 6.45) is -1.13. The van der Waals surface area contributed by atoms with Gasteiger partial charge in [-0.3, -0.25) is 9.69 Å². The maximum absolute atomic E-state index is 12.6. The third kappa shape index (κ3) is 5.98. The van der Waals surface area contributed by atoms with Gasteiger partial charge in [0.15, 0.2) is 0 Å². The van der Waals surface area contributed by atoms with Crippen LogP contribution < -0.4 is 0 Å². The van der Waals surface area contributed by atoms with Gasteiger partial charge < -0.3 is 4.90 Å². The van der Waals surface area contributed by atoms with Crippen molar-refractivity contribution >= 4 is 35.2 Å². The summed E-state index contributed by atoms with van der Waals surface area (Å²) >= 11 is 11.8. The van der Waals surface area contributed by atoms with Gasteiger partial charge in [0.25, 0.3) is 0 Å². The van der Waals surface area contributed by atoms with Crippen molar-refractivity contribution in [2.45, 2.75) is 12.7 Å². The van der Waals surface area contributed by atoms with E-state index in [1.165, 1.54) is 18.2 Å². The second kappa shape index (κ2) is 9.20. The number of hydrogen-bond donors (Lipinski definition) is 0. The zero-order valence-electron chi connectivity index (χ0n) is 15.4. The van der Waals surface area contributed by atoms with Gasteiger partial charge in [-0.05, 0) is 41.5 Å². The first kappa shape index (κ1) is 21.7. The van der Waals surface area contributed by atoms with Crippen molar-refractivity contribution in [3.8, 4) is 0 Å². The van der Waals surface area contributed by atoms with Gasteiger partial charge >= 0.3 is 6.18 Å². The van der Waals surface area contributed by atoms with Crippen LogP contribution in [0.3, 0.4) is 0 Å². The lowest BCUT2D eigenvalue weighted by atomic mass is 10.1. The average molecular weight is 443 g/mol. The zero-order valence-corrected chi connectivity index (χ0v) is 16.9. The molecule has 1 aliphatic rings. The highest BCUT2D eigenvalue weighted by atomic mass is 35.5. The first-order chi connectivity index (χ1) is 13.7. The molecule has 0 radical (unpaired) electrons. The van der Waals surface area contributed by atoms with Gasteiger partial charge in [-0.25, -0.2) is 0 Å². The fourth-order valence-electron chi connectivity index (χ4n) is 3.07. The lowest BCUT2D eigenvalue weighted by Gasteiger charge is -2.34. The van der Waals surface area contributed by atoms with Crippen molar-refractivity contribution in [2.75, 3.05) is 26.2 Å². The highest BCUT2D eigenvalue weighted by Crippen LogP contribution is 2.29. The number of carbonyl (C=O) groups is 1. The Bertz CT molecular complexity index is 890. The average Bonchev–Trinajstić information content (AvgIpc) is 2.69. The molecule has 29 heavy (non-hydrogen) atoms. The third-order valence-corrected chi connectivity index (χ3v) is 5.47. The molecule has 3 rings (SSSR count). The molecule has 0 unspecified atom stereocenters. The fourth-order valence-corrected chi connectivity index (χ4v) is 3.38. The predicted octanol–water partition coefficient (Wildman–Crippen LogP) is 5.37. The van der Waals surface area contributed by atoms with Crippen LogP contribution in [0.25, 0.3) is 6.08 Å². The van der Waals surface area contributed by atoms with E-state index >= 15 is 0 Å². The van der Waals surface area contributed by atoms with Gasteiger partial charge in [0.2, 0.25) is 5.91 Å². The summed E-state index contributed by atoms with van der Waals surface area (Å²) < 4.78 is 37.9. The van der Waals surface area contributed by atoms with Crippen LogP contribution >= 0.6 is 23.2 Å². The Hall–Kier alpha value is -2.02. The molecular weight excluding hydrogens is 424 g/mol. The summed E-state index contributed by atoms with van der Waals surface area (Å²) in [5, 5.41) is 0.887. The Labute approximate surface area is 177 Å². The van der Waals surface area contributed by atoms with E-state index in [0.717, 1.165) is 23.3 Å². The monoisotopic (exact) mass is 442 g/mol. The summed E-state index contributed by atoms with van der Waals surface area (Å²) in [7, 11) is 0. The molecule has 0 N–H and O–H groups in total. The van der Waals surface area contributed by atoms with Crippen LogP contribution in [-0.4, -0.2) is 41.9 Å². The molecule has 0 spiro atoms. The number of hydrogen-bond acceptors (Lipinski definition) is 2. The molecule has 0 aliphatic carbocycles. The first-order valence-corrected chi connectivity index (χ1v) is 9.78. The molecule has 2 aromatic carbocycles. The molecule has 2 aromatic rings. The predicted molar refractivity (Wildman–Crippen MR) is 109 cm³/mol. The number of alkyl halides is 3. The summed E-state index contributed by atoms with van der Waals surface area (Å²) in [4.78, 5) is 16.2. The molecule has 1 saturated heterocycles. The van der Waals surface area contributed by atoms with Gasteiger partial charge in [0.05, 0.1) is 15.6 Å². The lowest BCUT2D eigenvalue weighted by molar-refractivity contribution is -0.137. The van der Waals surface area contributed by atoms with Crippen molar-refractivity contribution in [3.63, 3.8) is 0 Å². The molecule has 0 saturated carbocycles. The van der Waals surface area contributed by atoms with E-state index in [1.807, 2.05) is 0 Å². The number of nitrogens with zero attached hydrogens (tertiary/aromatic N) is 2. The summed E-state index contributed by atoms with van der Waals surface area (Å²) in [5.41, 5.74) is 0.955. The van der Waals surface area contributed by atoms with Crippen LogP contribution in [0.1, 0.15) is 16.7 Å². The SMILES string of the molecule is O=C(/C=C/c1ccc(Cl)c(Cl)c1)N1CCN(Cc2ccc(C(F)(F)F)cc2)CC1. The van der Waals surface area contributed by atoms with E-state index < -0.39 is 11.7 Å². The minimum absolute atomic E-state index is 0.0924. The largest absolute Gasteiger partial charge is 0.416 e. The van der Waals surface area contributed by atoms with Gasteiger partial charge in [-0.15, -0.1) is 0 Å². The van der Waals surface area contributed by atoms with Crippen LogP contribution in [-0.2, 0) is 17.5 Å². The highest BCUT2D eigenvalue weighted by Gasteiger charge is 2.30. The molecule has 1 heterocycles. The number of carbonyl (C=O) groups excluding carboxylic acids is 1. The van der Waals surface area contributed by atoms with E-state index in [-0.39, 0.29) is 5.91 Å². The Morgan fingerprint density at radius 2 is 1.62 bits per heavy atom. The fraction of sp³-hybridized carbons (Fsp3) is 0.286. The van der Waals surface area contributed by atoms with Crippen molar-refractivity contribution in [2.24, 2.45) is 0 Å². The maximum atomic E-state index is 12.6. The topological polar surface area (TPSA) is 23.6 Å². The van der Waals surface area contributed by atoms with E-state index in [0.29, 0.717) is 42.8 Å². The summed E-state index contributed by atoms with van der Waals surface area (Å²) in [6.45, 7) is 3.00. The summed E-state index contributed by atoms with van der Waals surface area (Å²) in [5.74, 6) is -0.0924. The second-order valence-electron chi connectivity index (χ2n) is 6.80. The van der Waals surface area contributed by atoms with Gasteiger partial charge in [0, 0.05) is 38.8 Å². The molecule has 0 atom stereocenters.